The molecule has 21 heavy (non-hydrogen) atoms. The molecule has 0 spiro atoms. The Hall–Kier alpha value is -1.72. The second-order valence-electron chi connectivity index (χ2n) is 5.95. The van der Waals surface area contributed by atoms with Gasteiger partial charge in [-0.3, -0.25) is 0 Å². The van der Waals surface area contributed by atoms with E-state index in [-0.39, 0.29) is 6.04 Å². The van der Waals surface area contributed by atoms with Crippen LogP contribution in [0, 0.1) is 5.92 Å². The van der Waals surface area contributed by atoms with Crippen LogP contribution in [0.2, 0.25) is 0 Å². The van der Waals surface area contributed by atoms with Gasteiger partial charge in [-0.15, -0.1) is 0 Å². The Kier molecular flexibility index (Phi) is 4.75. The number of nitrogen functional groups attached to an aromatic ring is 1. The number of hydrogen-bond donors (Lipinski definition) is 1. The minimum atomic E-state index is -0.407. The Balaban J connectivity index is 2.40. The minimum absolute atomic E-state index is 0.158. The van der Waals surface area contributed by atoms with Gasteiger partial charge in [-0.05, 0) is 32.1 Å². The Morgan fingerprint density at radius 1 is 1.48 bits per heavy atom. The van der Waals surface area contributed by atoms with E-state index in [0.29, 0.717) is 17.2 Å². The Bertz CT molecular complexity index is 504. The molecule has 118 valence electrons. The number of hydrogen-bond acceptors (Lipinski definition) is 5. The van der Waals surface area contributed by atoms with Crippen molar-refractivity contribution in [2.45, 2.75) is 46.1 Å². The first-order chi connectivity index (χ1) is 9.99. The molecule has 6 nitrogen and oxygen atoms in total. The zero-order valence-electron chi connectivity index (χ0n) is 13.4. The average molecular weight is 294 g/mol. The molecule has 2 N–H and O–H groups in total. The molecule has 1 aromatic heterocycles. The van der Waals surface area contributed by atoms with Crippen LogP contribution >= 0.6 is 0 Å². The lowest BCUT2D eigenvalue weighted by Gasteiger charge is -2.30. The average Bonchev–Trinajstić information content (AvgIpc) is 2.84. The maximum atomic E-state index is 12.1. The maximum Gasteiger partial charge on any atom is 0.345 e. The quantitative estimate of drug-likeness (QED) is 0.863. The second-order valence-corrected chi connectivity index (χ2v) is 5.95. The van der Waals surface area contributed by atoms with Gasteiger partial charge in [0.1, 0.15) is 11.4 Å². The topological polar surface area (TPSA) is 73.4 Å². The van der Waals surface area contributed by atoms with Crippen molar-refractivity contribution in [1.29, 1.82) is 0 Å². The first kappa shape index (κ1) is 15.7. The Labute approximate surface area is 126 Å². The zero-order valence-corrected chi connectivity index (χ0v) is 13.4. The first-order valence-corrected chi connectivity index (χ1v) is 7.70. The summed E-state index contributed by atoms with van der Waals surface area (Å²) in [5.41, 5.74) is 6.57. The van der Waals surface area contributed by atoms with Crippen LogP contribution in [0.4, 0.5) is 11.6 Å². The summed E-state index contributed by atoms with van der Waals surface area (Å²) < 4.78 is 6.65. The third kappa shape index (κ3) is 2.99. The summed E-state index contributed by atoms with van der Waals surface area (Å²) in [7, 11) is 1.38. The van der Waals surface area contributed by atoms with Gasteiger partial charge in [0.15, 0.2) is 5.82 Å². The highest BCUT2D eigenvalue weighted by Gasteiger charge is 2.29. The molecule has 1 aliphatic rings. The van der Waals surface area contributed by atoms with Gasteiger partial charge >= 0.3 is 5.97 Å². The van der Waals surface area contributed by atoms with Gasteiger partial charge < -0.3 is 15.4 Å². The predicted molar refractivity (Wildman–Crippen MR) is 83.6 cm³/mol. The number of piperidine rings is 1. The third-order valence-electron chi connectivity index (χ3n) is 4.41. The van der Waals surface area contributed by atoms with E-state index in [1.165, 1.54) is 7.11 Å². The number of nitrogens with zero attached hydrogens (tertiary/aromatic N) is 3. The van der Waals surface area contributed by atoms with E-state index in [0.717, 1.165) is 38.3 Å². The zero-order chi connectivity index (χ0) is 15.6. The van der Waals surface area contributed by atoms with Crippen molar-refractivity contribution >= 4 is 17.6 Å². The molecular formula is C15H26N4O2. The van der Waals surface area contributed by atoms with Gasteiger partial charge in [0.05, 0.1) is 13.2 Å². The van der Waals surface area contributed by atoms with E-state index in [4.69, 9.17) is 10.5 Å². The molecule has 1 fully saturated rings. The summed E-state index contributed by atoms with van der Waals surface area (Å²) in [5, 5.41) is 4.61. The van der Waals surface area contributed by atoms with E-state index in [2.05, 4.69) is 23.8 Å². The number of nitrogens with two attached hydrogens (primary N) is 1. The van der Waals surface area contributed by atoms with Crippen molar-refractivity contribution < 1.29 is 9.53 Å². The highest BCUT2D eigenvalue weighted by atomic mass is 16.5. The molecule has 1 unspecified atom stereocenters. The molecule has 0 saturated carbocycles. The summed E-state index contributed by atoms with van der Waals surface area (Å²) in [4.78, 5) is 14.3. The number of rotatable bonds is 4. The van der Waals surface area contributed by atoms with E-state index in [1.54, 1.807) is 4.68 Å². The number of aromatic nitrogens is 2. The molecular weight excluding hydrogens is 268 g/mol. The maximum absolute atomic E-state index is 12.1. The molecule has 1 atom stereocenters. The van der Waals surface area contributed by atoms with Gasteiger partial charge in [0.2, 0.25) is 0 Å². The van der Waals surface area contributed by atoms with Gasteiger partial charge in [-0.1, -0.05) is 13.8 Å². The predicted octanol–water partition coefficient (Wildman–Crippen LogP) is 2.46. The van der Waals surface area contributed by atoms with Gasteiger partial charge in [0.25, 0.3) is 0 Å². The van der Waals surface area contributed by atoms with Gasteiger partial charge in [-0.25, -0.2) is 9.48 Å². The Morgan fingerprint density at radius 3 is 2.62 bits per heavy atom. The number of anilines is 2. The van der Waals surface area contributed by atoms with Crippen LogP contribution in [0.3, 0.4) is 0 Å². The third-order valence-corrected chi connectivity index (χ3v) is 4.41. The van der Waals surface area contributed by atoms with Crippen LogP contribution in [0.15, 0.2) is 0 Å². The summed E-state index contributed by atoms with van der Waals surface area (Å²) >= 11 is 0. The normalized spacial score (nSPS) is 17.8. The smallest absolute Gasteiger partial charge is 0.345 e. The molecule has 6 heteroatoms. The lowest BCUT2D eigenvalue weighted by atomic mass is 9.99. The van der Waals surface area contributed by atoms with Crippen molar-refractivity contribution in [2.75, 3.05) is 30.8 Å². The molecule has 0 radical (unpaired) electrons. The van der Waals surface area contributed by atoms with Gasteiger partial charge in [0, 0.05) is 13.1 Å². The number of ether oxygens (including phenoxy) is 1. The molecule has 0 amide bonds. The largest absolute Gasteiger partial charge is 0.465 e. The lowest BCUT2D eigenvalue weighted by Crippen LogP contribution is -2.34. The van der Waals surface area contributed by atoms with Crippen LogP contribution in [-0.4, -0.2) is 35.9 Å². The molecule has 2 rings (SSSR count). The summed E-state index contributed by atoms with van der Waals surface area (Å²) in [6.45, 7) is 8.19. The summed E-state index contributed by atoms with van der Waals surface area (Å²) in [5.74, 6) is 1.39. The summed E-state index contributed by atoms with van der Waals surface area (Å²) in [6, 6.07) is 0.158. The van der Waals surface area contributed by atoms with Crippen molar-refractivity contribution in [3.63, 3.8) is 0 Å². The first-order valence-electron chi connectivity index (χ1n) is 7.70. The number of carbonyl (C=O) groups is 1. The molecule has 1 aliphatic heterocycles. The standard InChI is InChI=1S/C15H26N4O2/c1-5-11(3)19-13(16)12(15(20)21-4)14(17-19)18-8-6-10(2)7-9-18/h10-11H,5-9,16H2,1-4H3. The Morgan fingerprint density at radius 2 is 2.10 bits per heavy atom. The fourth-order valence-electron chi connectivity index (χ4n) is 2.68. The van der Waals surface area contributed by atoms with E-state index < -0.39 is 5.97 Å². The van der Waals surface area contributed by atoms with Crippen molar-refractivity contribution in [2.24, 2.45) is 5.92 Å². The van der Waals surface area contributed by atoms with Gasteiger partial charge in [-0.2, -0.15) is 5.10 Å². The molecule has 0 bridgehead atoms. The molecule has 0 aliphatic carbocycles. The van der Waals surface area contributed by atoms with E-state index >= 15 is 0 Å². The van der Waals surface area contributed by atoms with Crippen molar-refractivity contribution in [1.82, 2.24) is 9.78 Å². The van der Waals surface area contributed by atoms with Crippen molar-refractivity contribution in [3.05, 3.63) is 5.56 Å². The summed E-state index contributed by atoms with van der Waals surface area (Å²) in [6.07, 6.45) is 3.12. The molecule has 2 heterocycles. The molecule has 0 aromatic carbocycles. The van der Waals surface area contributed by atoms with Crippen LogP contribution in [0.5, 0.6) is 0 Å². The van der Waals surface area contributed by atoms with Crippen molar-refractivity contribution in [3.8, 4) is 0 Å². The second kappa shape index (κ2) is 6.37. The monoisotopic (exact) mass is 294 g/mol. The molecule has 1 saturated heterocycles. The SMILES string of the molecule is CCC(C)n1nc(N2CCC(C)CC2)c(C(=O)OC)c1N. The molecule has 1 aromatic rings. The van der Waals surface area contributed by atoms with E-state index in [1.807, 2.05) is 6.92 Å². The van der Waals surface area contributed by atoms with Crippen LogP contribution in [0.1, 0.15) is 56.4 Å². The number of esters is 1. The fourth-order valence-corrected chi connectivity index (χ4v) is 2.68. The fraction of sp³-hybridized carbons (Fsp3) is 0.733. The highest BCUT2D eigenvalue weighted by molar-refractivity contribution is 5.99. The van der Waals surface area contributed by atoms with Crippen LogP contribution in [0.25, 0.3) is 0 Å². The van der Waals surface area contributed by atoms with Crippen LogP contribution < -0.4 is 10.6 Å². The minimum Gasteiger partial charge on any atom is -0.465 e. The number of methoxy groups -OCH3 is 1. The van der Waals surface area contributed by atoms with Crippen LogP contribution in [-0.2, 0) is 4.74 Å². The number of carbonyl (C=O) groups excluding carboxylic acids is 1. The lowest BCUT2D eigenvalue weighted by molar-refractivity contribution is 0.0602. The highest BCUT2D eigenvalue weighted by Crippen LogP contribution is 2.31. The van der Waals surface area contributed by atoms with E-state index in [9.17, 15) is 4.79 Å².